The Morgan fingerprint density at radius 2 is 1.26 bits per heavy atom. The van der Waals surface area contributed by atoms with E-state index >= 15 is 0 Å². The molecule has 0 radical (unpaired) electrons. The maximum absolute atomic E-state index is 12.6. The fourth-order valence-electron chi connectivity index (χ4n) is 3.53. The minimum Gasteiger partial charge on any atom is -0.289 e. The van der Waals surface area contributed by atoms with Crippen LogP contribution < -0.4 is 0 Å². The molecule has 1 heterocycles. The molecule has 1 aromatic heterocycles. The fourth-order valence-corrected chi connectivity index (χ4v) is 4.77. The summed E-state index contributed by atoms with van der Waals surface area (Å²) >= 11 is 1.82. The van der Waals surface area contributed by atoms with Crippen LogP contribution >= 0.6 is 11.3 Å². The summed E-state index contributed by atoms with van der Waals surface area (Å²) in [7, 11) is 0. The highest BCUT2D eigenvalue weighted by molar-refractivity contribution is 7.26. The topological polar surface area (TPSA) is 17.1 Å². The Hall–Kier alpha value is -3.23. The smallest absolute Gasteiger partial charge is 0.193 e. The van der Waals surface area contributed by atoms with E-state index in [0.717, 1.165) is 11.1 Å². The van der Waals surface area contributed by atoms with Gasteiger partial charge < -0.3 is 0 Å². The second kappa shape index (κ2) is 6.49. The monoisotopic (exact) mass is 364 g/mol. The Kier molecular flexibility index (Phi) is 3.84. The molecule has 0 aliphatic rings. The van der Waals surface area contributed by atoms with E-state index in [9.17, 15) is 4.79 Å². The van der Waals surface area contributed by atoms with Gasteiger partial charge in [-0.1, -0.05) is 91.0 Å². The van der Waals surface area contributed by atoms with Gasteiger partial charge in [0.15, 0.2) is 5.78 Å². The van der Waals surface area contributed by atoms with Gasteiger partial charge in [0.25, 0.3) is 0 Å². The molecule has 0 fully saturated rings. The lowest BCUT2D eigenvalue weighted by atomic mass is 9.98. The summed E-state index contributed by atoms with van der Waals surface area (Å²) in [6.07, 6.45) is 0. The van der Waals surface area contributed by atoms with Crippen LogP contribution in [0, 0.1) is 0 Å². The zero-order valence-electron chi connectivity index (χ0n) is 14.6. The molecule has 0 unspecified atom stereocenters. The molecule has 0 saturated carbocycles. The first-order valence-corrected chi connectivity index (χ1v) is 9.73. The quantitative estimate of drug-likeness (QED) is 0.316. The summed E-state index contributed by atoms with van der Waals surface area (Å²) in [5.41, 5.74) is 3.79. The van der Waals surface area contributed by atoms with E-state index in [-0.39, 0.29) is 5.78 Å². The van der Waals surface area contributed by atoms with Gasteiger partial charge in [-0.3, -0.25) is 4.79 Å². The molecule has 0 N–H and O–H groups in total. The van der Waals surface area contributed by atoms with Crippen molar-refractivity contribution in [2.24, 2.45) is 0 Å². The van der Waals surface area contributed by atoms with Crippen molar-refractivity contribution in [2.75, 3.05) is 0 Å². The summed E-state index contributed by atoms with van der Waals surface area (Å²) in [6.45, 7) is 0. The summed E-state index contributed by atoms with van der Waals surface area (Å²) in [4.78, 5) is 12.6. The molecule has 1 nitrogen and oxygen atoms in total. The molecule has 27 heavy (non-hydrogen) atoms. The standard InChI is InChI=1S/C25H16OS/c26-24(18-7-2-1-3-8-18)19-15-13-17(14-16-19)20-10-6-11-22-21-9-4-5-12-23(21)27-25(20)22/h1-16H. The Labute approximate surface area is 161 Å². The Morgan fingerprint density at radius 1 is 0.593 bits per heavy atom. The molecular formula is C25H16OS. The van der Waals surface area contributed by atoms with Crippen LogP contribution in [0.3, 0.4) is 0 Å². The van der Waals surface area contributed by atoms with Gasteiger partial charge in [-0.05, 0) is 17.2 Å². The SMILES string of the molecule is O=C(c1ccccc1)c1ccc(-c2cccc3c2sc2ccccc23)cc1. The zero-order chi connectivity index (χ0) is 18.2. The third kappa shape index (κ3) is 2.75. The van der Waals surface area contributed by atoms with Crippen LogP contribution in [-0.4, -0.2) is 5.78 Å². The van der Waals surface area contributed by atoms with E-state index in [1.54, 1.807) is 0 Å². The van der Waals surface area contributed by atoms with E-state index in [2.05, 4.69) is 54.6 Å². The van der Waals surface area contributed by atoms with Crippen molar-refractivity contribution in [3.05, 3.63) is 108 Å². The van der Waals surface area contributed by atoms with Crippen LogP contribution in [0.2, 0.25) is 0 Å². The minimum atomic E-state index is 0.0576. The van der Waals surface area contributed by atoms with Gasteiger partial charge in [-0.15, -0.1) is 11.3 Å². The molecule has 128 valence electrons. The number of carbonyl (C=O) groups excluding carboxylic acids is 1. The third-order valence-electron chi connectivity index (χ3n) is 4.90. The first-order chi connectivity index (χ1) is 13.3. The largest absolute Gasteiger partial charge is 0.289 e. The van der Waals surface area contributed by atoms with E-state index in [4.69, 9.17) is 0 Å². The molecule has 0 amide bonds. The lowest BCUT2D eigenvalue weighted by Crippen LogP contribution is -2.00. The van der Waals surface area contributed by atoms with Crippen molar-refractivity contribution in [3.63, 3.8) is 0 Å². The maximum atomic E-state index is 12.6. The summed E-state index contributed by atoms with van der Waals surface area (Å²) < 4.78 is 2.59. The number of hydrogen-bond donors (Lipinski definition) is 0. The second-order valence-corrected chi connectivity index (χ2v) is 7.61. The molecule has 0 spiro atoms. The molecule has 0 saturated heterocycles. The number of benzene rings is 4. The first kappa shape index (κ1) is 16.0. The van der Waals surface area contributed by atoms with Crippen LogP contribution in [0.25, 0.3) is 31.3 Å². The van der Waals surface area contributed by atoms with Gasteiger partial charge in [0.05, 0.1) is 0 Å². The van der Waals surface area contributed by atoms with E-state index in [1.807, 2.05) is 53.8 Å². The summed E-state index contributed by atoms with van der Waals surface area (Å²) in [5, 5.41) is 2.59. The normalized spacial score (nSPS) is 11.1. The lowest BCUT2D eigenvalue weighted by Gasteiger charge is -2.06. The molecule has 2 heteroatoms. The van der Waals surface area contributed by atoms with E-state index < -0.39 is 0 Å². The number of ketones is 1. The molecule has 4 aromatic carbocycles. The maximum Gasteiger partial charge on any atom is 0.193 e. The molecule has 0 bridgehead atoms. The minimum absolute atomic E-state index is 0.0576. The van der Waals surface area contributed by atoms with Crippen molar-refractivity contribution in [1.29, 1.82) is 0 Å². The molecular weight excluding hydrogens is 348 g/mol. The van der Waals surface area contributed by atoms with Crippen molar-refractivity contribution in [3.8, 4) is 11.1 Å². The fraction of sp³-hybridized carbons (Fsp3) is 0. The van der Waals surface area contributed by atoms with Gasteiger partial charge >= 0.3 is 0 Å². The third-order valence-corrected chi connectivity index (χ3v) is 6.12. The van der Waals surface area contributed by atoms with Crippen LogP contribution in [0.1, 0.15) is 15.9 Å². The summed E-state index contributed by atoms with van der Waals surface area (Å²) in [6, 6.07) is 32.4. The zero-order valence-corrected chi connectivity index (χ0v) is 15.4. The number of rotatable bonds is 3. The van der Waals surface area contributed by atoms with Crippen molar-refractivity contribution in [1.82, 2.24) is 0 Å². The van der Waals surface area contributed by atoms with Crippen LogP contribution in [-0.2, 0) is 0 Å². The number of fused-ring (bicyclic) bond motifs is 3. The van der Waals surface area contributed by atoms with Gasteiger partial charge in [0.1, 0.15) is 0 Å². The van der Waals surface area contributed by atoms with Crippen molar-refractivity contribution < 1.29 is 4.79 Å². The highest BCUT2D eigenvalue weighted by Crippen LogP contribution is 2.39. The number of carbonyl (C=O) groups is 1. The average molecular weight is 364 g/mol. The summed E-state index contributed by atoms with van der Waals surface area (Å²) in [5.74, 6) is 0.0576. The molecule has 0 atom stereocenters. The number of hydrogen-bond acceptors (Lipinski definition) is 2. The van der Waals surface area contributed by atoms with Crippen LogP contribution in [0.4, 0.5) is 0 Å². The Morgan fingerprint density at radius 3 is 2.07 bits per heavy atom. The highest BCUT2D eigenvalue weighted by atomic mass is 32.1. The van der Waals surface area contributed by atoms with Crippen LogP contribution in [0.15, 0.2) is 97.1 Å². The molecule has 5 aromatic rings. The van der Waals surface area contributed by atoms with Gasteiger partial charge in [0, 0.05) is 31.3 Å². The van der Waals surface area contributed by atoms with E-state index in [0.29, 0.717) is 5.56 Å². The van der Waals surface area contributed by atoms with Gasteiger partial charge in [-0.2, -0.15) is 0 Å². The Bertz CT molecular complexity index is 1260. The predicted molar refractivity (Wildman–Crippen MR) is 115 cm³/mol. The average Bonchev–Trinajstić information content (AvgIpc) is 3.13. The predicted octanol–water partition coefficient (Wildman–Crippen LogP) is 6.95. The first-order valence-electron chi connectivity index (χ1n) is 8.92. The van der Waals surface area contributed by atoms with Crippen molar-refractivity contribution in [2.45, 2.75) is 0 Å². The molecule has 0 aliphatic heterocycles. The number of thiophene rings is 1. The van der Waals surface area contributed by atoms with Crippen molar-refractivity contribution >= 4 is 37.3 Å². The van der Waals surface area contributed by atoms with Gasteiger partial charge in [0.2, 0.25) is 0 Å². The molecule has 0 aliphatic carbocycles. The second-order valence-electron chi connectivity index (χ2n) is 6.55. The lowest BCUT2D eigenvalue weighted by molar-refractivity contribution is 0.103. The van der Waals surface area contributed by atoms with Crippen LogP contribution in [0.5, 0.6) is 0 Å². The van der Waals surface area contributed by atoms with E-state index in [1.165, 1.54) is 25.7 Å². The molecule has 5 rings (SSSR count). The highest BCUT2D eigenvalue weighted by Gasteiger charge is 2.12. The Balaban J connectivity index is 1.58. The van der Waals surface area contributed by atoms with Gasteiger partial charge in [-0.25, -0.2) is 0 Å².